The Bertz CT molecular complexity index is 395. The number of para-hydroxylation sites is 2. The fourth-order valence-corrected chi connectivity index (χ4v) is 2.52. The zero-order valence-corrected chi connectivity index (χ0v) is 12.0. The number of hydrogen-bond donors (Lipinski definition) is 1. The zero-order valence-electron chi connectivity index (χ0n) is 12.0. The summed E-state index contributed by atoms with van der Waals surface area (Å²) >= 11 is 0. The monoisotopic (exact) mass is 263 g/mol. The van der Waals surface area contributed by atoms with Gasteiger partial charge in [0.25, 0.3) is 0 Å². The van der Waals surface area contributed by atoms with Crippen molar-refractivity contribution in [2.24, 2.45) is 0 Å². The number of nitrogen functional groups attached to an aromatic ring is 1. The Labute approximate surface area is 116 Å². The van der Waals surface area contributed by atoms with Crippen LogP contribution in [0.25, 0.3) is 0 Å². The van der Waals surface area contributed by atoms with Crippen LogP contribution in [0.3, 0.4) is 0 Å². The minimum absolute atomic E-state index is 0.714. The lowest BCUT2D eigenvalue weighted by atomic mass is 10.2. The van der Waals surface area contributed by atoms with Gasteiger partial charge in [0.15, 0.2) is 0 Å². The predicted molar refractivity (Wildman–Crippen MR) is 79.5 cm³/mol. The number of benzene rings is 1. The highest BCUT2D eigenvalue weighted by atomic mass is 16.5. The van der Waals surface area contributed by atoms with Crippen molar-refractivity contribution in [1.29, 1.82) is 0 Å². The largest absolute Gasteiger partial charge is 0.491 e. The summed E-state index contributed by atoms with van der Waals surface area (Å²) in [5.41, 5.74) is 6.55. The van der Waals surface area contributed by atoms with E-state index in [0.29, 0.717) is 6.04 Å². The molecule has 1 fully saturated rings. The van der Waals surface area contributed by atoms with Gasteiger partial charge in [-0.3, -0.25) is 0 Å². The first kappa shape index (κ1) is 14.2. The highest BCUT2D eigenvalue weighted by Gasteiger charge is 2.23. The summed E-state index contributed by atoms with van der Waals surface area (Å²) in [4.78, 5) is 4.84. The fraction of sp³-hybridized carbons (Fsp3) is 0.600. The molecule has 1 unspecified atom stereocenters. The standard InChI is InChI=1S/C15H25N3O/c1-17(2)13-8-10-18(12-13)9-5-11-19-15-7-4-3-6-14(15)16/h3-4,6-7,13H,5,8-12,16H2,1-2H3. The molecule has 0 radical (unpaired) electrons. The maximum absolute atomic E-state index is 5.84. The van der Waals surface area contributed by atoms with Crippen LogP contribution in [0.4, 0.5) is 5.69 Å². The molecule has 0 saturated carbocycles. The Morgan fingerprint density at radius 1 is 1.37 bits per heavy atom. The topological polar surface area (TPSA) is 41.7 Å². The van der Waals surface area contributed by atoms with Crippen LogP contribution < -0.4 is 10.5 Å². The van der Waals surface area contributed by atoms with E-state index in [1.807, 2.05) is 24.3 Å². The maximum Gasteiger partial charge on any atom is 0.142 e. The minimum atomic E-state index is 0.714. The summed E-state index contributed by atoms with van der Waals surface area (Å²) in [6.45, 7) is 4.23. The number of anilines is 1. The highest BCUT2D eigenvalue weighted by Crippen LogP contribution is 2.20. The highest BCUT2D eigenvalue weighted by molar-refractivity contribution is 5.51. The molecule has 2 N–H and O–H groups in total. The Morgan fingerprint density at radius 2 is 2.16 bits per heavy atom. The molecule has 0 aliphatic carbocycles. The third-order valence-corrected chi connectivity index (χ3v) is 3.77. The first-order valence-electron chi connectivity index (χ1n) is 7.03. The molecule has 1 aromatic carbocycles. The lowest BCUT2D eigenvalue weighted by molar-refractivity contribution is 0.242. The van der Waals surface area contributed by atoms with E-state index in [0.717, 1.165) is 31.0 Å². The van der Waals surface area contributed by atoms with Gasteiger partial charge in [-0.15, -0.1) is 0 Å². The number of nitrogens with two attached hydrogens (primary N) is 1. The van der Waals surface area contributed by atoms with E-state index in [4.69, 9.17) is 10.5 Å². The van der Waals surface area contributed by atoms with Crippen molar-refractivity contribution in [3.63, 3.8) is 0 Å². The molecular formula is C15H25N3O. The minimum Gasteiger partial charge on any atom is -0.491 e. The van der Waals surface area contributed by atoms with Gasteiger partial charge >= 0.3 is 0 Å². The van der Waals surface area contributed by atoms with Crippen LogP contribution in [0.2, 0.25) is 0 Å². The van der Waals surface area contributed by atoms with Crippen LogP contribution in [-0.4, -0.2) is 56.2 Å². The number of likely N-dealkylation sites (N-methyl/N-ethyl adjacent to an activating group) is 1. The molecule has 4 nitrogen and oxygen atoms in total. The Hall–Kier alpha value is -1.26. The van der Waals surface area contributed by atoms with Gasteiger partial charge in [-0.2, -0.15) is 0 Å². The maximum atomic E-state index is 5.84. The lowest BCUT2D eigenvalue weighted by Gasteiger charge is -2.20. The summed E-state index contributed by atoms with van der Waals surface area (Å²) in [6.07, 6.45) is 2.33. The molecular weight excluding hydrogens is 238 g/mol. The number of rotatable bonds is 6. The van der Waals surface area contributed by atoms with Crippen molar-refractivity contribution in [2.45, 2.75) is 18.9 Å². The zero-order chi connectivity index (χ0) is 13.7. The molecule has 19 heavy (non-hydrogen) atoms. The number of ether oxygens (including phenoxy) is 1. The first-order valence-corrected chi connectivity index (χ1v) is 7.03. The predicted octanol–water partition coefficient (Wildman–Crippen LogP) is 1.67. The van der Waals surface area contributed by atoms with Gasteiger partial charge in [0.1, 0.15) is 5.75 Å². The lowest BCUT2D eigenvalue weighted by Crippen LogP contribution is -2.32. The van der Waals surface area contributed by atoms with Crippen LogP contribution in [0.15, 0.2) is 24.3 Å². The molecule has 1 saturated heterocycles. The number of nitrogens with zero attached hydrogens (tertiary/aromatic N) is 2. The van der Waals surface area contributed by atoms with E-state index in [2.05, 4.69) is 23.9 Å². The van der Waals surface area contributed by atoms with Crippen LogP contribution in [-0.2, 0) is 0 Å². The second-order valence-electron chi connectivity index (χ2n) is 5.45. The number of hydrogen-bond acceptors (Lipinski definition) is 4. The van der Waals surface area contributed by atoms with Crippen LogP contribution in [0.5, 0.6) is 5.75 Å². The molecule has 0 aromatic heterocycles. The van der Waals surface area contributed by atoms with Crippen LogP contribution >= 0.6 is 0 Å². The van der Waals surface area contributed by atoms with Gasteiger partial charge in [-0.05, 0) is 45.6 Å². The molecule has 1 atom stereocenters. The third kappa shape index (κ3) is 4.11. The Morgan fingerprint density at radius 3 is 2.84 bits per heavy atom. The normalized spacial score (nSPS) is 20.1. The summed E-state index contributed by atoms with van der Waals surface area (Å²) in [7, 11) is 4.32. The Balaban J connectivity index is 1.64. The van der Waals surface area contributed by atoms with Gasteiger partial charge in [0, 0.05) is 19.1 Å². The molecule has 1 aliphatic rings. The summed E-state index contributed by atoms with van der Waals surface area (Å²) < 4.78 is 5.71. The second kappa shape index (κ2) is 6.78. The van der Waals surface area contributed by atoms with Crippen molar-refractivity contribution in [2.75, 3.05) is 46.1 Å². The second-order valence-corrected chi connectivity index (χ2v) is 5.45. The van der Waals surface area contributed by atoms with Crippen molar-refractivity contribution in [1.82, 2.24) is 9.80 Å². The molecule has 0 bridgehead atoms. The SMILES string of the molecule is CN(C)C1CCN(CCCOc2ccccc2N)C1. The van der Waals surface area contributed by atoms with E-state index < -0.39 is 0 Å². The first-order chi connectivity index (χ1) is 9.16. The van der Waals surface area contributed by atoms with Gasteiger partial charge in [-0.1, -0.05) is 12.1 Å². The Kier molecular flexibility index (Phi) is 5.05. The van der Waals surface area contributed by atoms with Crippen molar-refractivity contribution in [3.8, 4) is 5.75 Å². The van der Waals surface area contributed by atoms with E-state index >= 15 is 0 Å². The van der Waals surface area contributed by atoms with Gasteiger partial charge in [-0.25, -0.2) is 0 Å². The van der Waals surface area contributed by atoms with Crippen LogP contribution in [0, 0.1) is 0 Å². The van der Waals surface area contributed by atoms with Gasteiger partial charge in [0.05, 0.1) is 12.3 Å². The smallest absolute Gasteiger partial charge is 0.142 e. The molecule has 0 spiro atoms. The summed E-state index contributed by atoms with van der Waals surface area (Å²) in [6, 6.07) is 8.39. The quantitative estimate of drug-likeness (QED) is 0.626. The molecule has 2 rings (SSSR count). The van der Waals surface area contributed by atoms with E-state index in [1.54, 1.807) is 0 Å². The van der Waals surface area contributed by atoms with Crippen LogP contribution in [0.1, 0.15) is 12.8 Å². The van der Waals surface area contributed by atoms with E-state index in [9.17, 15) is 0 Å². The van der Waals surface area contributed by atoms with Gasteiger partial charge in [0.2, 0.25) is 0 Å². The van der Waals surface area contributed by atoms with Crippen molar-refractivity contribution < 1.29 is 4.74 Å². The number of likely N-dealkylation sites (tertiary alicyclic amines) is 1. The third-order valence-electron chi connectivity index (χ3n) is 3.77. The average Bonchev–Trinajstić information content (AvgIpc) is 2.85. The van der Waals surface area contributed by atoms with Crippen molar-refractivity contribution in [3.05, 3.63) is 24.3 Å². The van der Waals surface area contributed by atoms with E-state index in [-0.39, 0.29) is 0 Å². The fourth-order valence-electron chi connectivity index (χ4n) is 2.52. The average molecular weight is 263 g/mol. The molecule has 1 heterocycles. The van der Waals surface area contributed by atoms with E-state index in [1.165, 1.54) is 19.5 Å². The summed E-state index contributed by atoms with van der Waals surface area (Å²) in [5.74, 6) is 0.801. The van der Waals surface area contributed by atoms with Gasteiger partial charge < -0.3 is 20.3 Å². The summed E-state index contributed by atoms with van der Waals surface area (Å²) in [5, 5.41) is 0. The molecule has 0 amide bonds. The molecule has 1 aliphatic heterocycles. The molecule has 1 aromatic rings. The molecule has 106 valence electrons. The van der Waals surface area contributed by atoms with Crippen molar-refractivity contribution >= 4 is 5.69 Å². The molecule has 4 heteroatoms.